The summed E-state index contributed by atoms with van der Waals surface area (Å²) < 4.78 is 9.50. The first-order valence-corrected chi connectivity index (χ1v) is 17.2. The summed E-state index contributed by atoms with van der Waals surface area (Å²) in [6.07, 6.45) is 27.5. The van der Waals surface area contributed by atoms with Gasteiger partial charge in [-0.15, -0.1) is 0 Å². The molecule has 44 heavy (non-hydrogen) atoms. The fraction of sp³-hybridized carbons (Fsp3) is 0.550. The van der Waals surface area contributed by atoms with Crippen molar-refractivity contribution in [3.63, 3.8) is 0 Å². The van der Waals surface area contributed by atoms with Crippen molar-refractivity contribution < 1.29 is 4.39 Å². The summed E-state index contributed by atoms with van der Waals surface area (Å²) in [5, 5.41) is 0. The van der Waals surface area contributed by atoms with Gasteiger partial charge in [-0.1, -0.05) is 113 Å². The van der Waals surface area contributed by atoms with E-state index in [0.29, 0.717) is 13.1 Å². The van der Waals surface area contributed by atoms with Gasteiger partial charge >= 0.3 is 0 Å². The predicted molar refractivity (Wildman–Crippen MR) is 194 cm³/mol. The molecule has 2 heterocycles. The summed E-state index contributed by atoms with van der Waals surface area (Å²) in [6.45, 7) is 24.8. The van der Waals surface area contributed by atoms with Crippen LogP contribution in [-0.4, -0.2) is 67.7 Å². The zero-order chi connectivity index (χ0) is 32.4. The van der Waals surface area contributed by atoms with Gasteiger partial charge in [-0.2, -0.15) is 0 Å². The molecule has 0 aromatic heterocycles. The summed E-state index contributed by atoms with van der Waals surface area (Å²) in [5.41, 5.74) is 2.74. The highest BCUT2D eigenvalue weighted by atomic mass is 19.1. The van der Waals surface area contributed by atoms with Crippen molar-refractivity contribution in [2.24, 2.45) is 11.8 Å². The fourth-order valence-corrected chi connectivity index (χ4v) is 5.99. The molecule has 2 atom stereocenters. The second kappa shape index (κ2) is 25.5. The van der Waals surface area contributed by atoms with Crippen LogP contribution in [0, 0.1) is 11.8 Å². The molecule has 4 heteroatoms. The molecule has 0 spiro atoms. The van der Waals surface area contributed by atoms with Crippen molar-refractivity contribution in [1.29, 1.82) is 0 Å². The normalized spacial score (nSPS) is 20.8. The van der Waals surface area contributed by atoms with Crippen molar-refractivity contribution in [2.45, 2.75) is 79.1 Å². The van der Waals surface area contributed by atoms with Crippen molar-refractivity contribution in [1.82, 2.24) is 14.7 Å². The number of hydrogen-bond donors (Lipinski definition) is 0. The minimum absolute atomic E-state index is 0.500. The first-order valence-electron chi connectivity index (χ1n) is 17.2. The zero-order valence-corrected chi connectivity index (χ0v) is 28.9. The Kier molecular flexibility index (Phi) is 22.7. The average molecular weight is 606 g/mol. The van der Waals surface area contributed by atoms with E-state index in [1.54, 1.807) is 0 Å². The minimum atomic E-state index is 0.500. The summed E-state index contributed by atoms with van der Waals surface area (Å²) in [4.78, 5) is 7.59. The first kappa shape index (κ1) is 39.2. The lowest BCUT2D eigenvalue weighted by Crippen LogP contribution is -2.43. The van der Waals surface area contributed by atoms with Crippen LogP contribution in [0.5, 0.6) is 0 Å². The molecule has 0 N–H and O–H groups in total. The summed E-state index contributed by atoms with van der Waals surface area (Å²) >= 11 is 0. The van der Waals surface area contributed by atoms with E-state index in [1.807, 2.05) is 19.9 Å². The maximum Gasteiger partial charge on any atom is 0.0968 e. The van der Waals surface area contributed by atoms with Crippen LogP contribution in [0.4, 0.5) is 4.39 Å². The Labute approximate surface area is 271 Å². The number of rotatable bonds is 10. The lowest BCUT2D eigenvalue weighted by Gasteiger charge is -2.40. The van der Waals surface area contributed by atoms with Crippen LogP contribution in [0.1, 0.15) is 78.2 Å². The molecule has 2 aliphatic heterocycles. The lowest BCUT2D eigenvalue weighted by molar-refractivity contribution is 0.160. The summed E-state index contributed by atoms with van der Waals surface area (Å²) in [7, 11) is 0.500. The van der Waals surface area contributed by atoms with Gasteiger partial charge in [0, 0.05) is 26.2 Å². The van der Waals surface area contributed by atoms with Crippen molar-refractivity contribution in [3.8, 4) is 0 Å². The fourth-order valence-electron chi connectivity index (χ4n) is 5.99. The Bertz CT molecular complexity index is 993. The quantitative estimate of drug-likeness (QED) is 0.246. The summed E-state index contributed by atoms with van der Waals surface area (Å²) in [5.74, 6) is 2.82. The second-order valence-electron chi connectivity index (χ2n) is 11.7. The highest BCUT2D eigenvalue weighted by Gasteiger charge is 2.21. The van der Waals surface area contributed by atoms with Crippen LogP contribution in [0.2, 0.25) is 0 Å². The van der Waals surface area contributed by atoms with Crippen molar-refractivity contribution >= 4 is 0 Å². The van der Waals surface area contributed by atoms with E-state index in [2.05, 4.69) is 115 Å². The molecule has 0 radical (unpaired) electrons. The average Bonchev–Trinajstić information content (AvgIpc) is 3.44. The van der Waals surface area contributed by atoms with Crippen LogP contribution in [0.3, 0.4) is 0 Å². The third kappa shape index (κ3) is 16.3. The molecule has 4 rings (SSSR count). The predicted octanol–water partition coefficient (Wildman–Crippen LogP) is 10.0. The third-order valence-corrected chi connectivity index (χ3v) is 8.36. The number of hydrogen-bond acceptors (Lipinski definition) is 3. The molecule has 3 aliphatic rings. The first-order chi connectivity index (χ1) is 21.6. The van der Waals surface area contributed by atoms with Crippen LogP contribution < -0.4 is 0 Å². The Balaban J connectivity index is 0.000000450. The Morgan fingerprint density at radius 1 is 0.932 bits per heavy atom. The van der Waals surface area contributed by atoms with E-state index in [-0.39, 0.29) is 0 Å². The van der Waals surface area contributed by atoms with E-state index in [9.17, 15) is 4.39 Å². The Morgan fingerprint density at radius 2 is 1.68 bits per heavy atom. The number of alkyl halides is 1. The van der Waals surface area contributed by atoms with Crippen molar-refractivity contribution in [3.05, 3.63) is 109 Å². The maximum absolute atomic E-state index is 9.50. The van der Waals surface area contributed by atoms with Gasteiger partial charge in [-0.3, -0.25) is 4.39 Å². The van der Waals surface area contributed by atoms with Crippen LogP contribution in [-0.2, 0) is 6.42 Å². The number of halogens is 1. The molecular formula is C40H64FN3. The molecular weight excluding hydrogens is 541 g/mol. The third-order valence-electron chi connectivity index (χ3n) is 8.36. The molecule has 2 unspecified atom stereocenters. The number of likely N-dealkylation sites (tertiary alicyclic amines) is 1. The number of allylic oxidation sites excluding steroid dienone is 7. The highest BCUT2D eigenvalue weighted by Crippen LogP contribution is 2.21. The maximum atomic E-state index is 9.50. The molecule has 1 aromatic rings. The van der Waals surface area contributed by atoms with Crippen molar-refractivity contribution in [2.75, 3.05) is 53.0 Å². The van der Waals surface area contributed by atoms with Crippen LogP contribution >= 0.6 is 0 Å². The molecule has 1 aliphatic carbocycles. The Morgan fingerprint density at radius 3 is 2.41 bits per heavy atom. The molecule has 1 aromatic carbocycles. The second-order valence-corrected chi connectivity index (χ2v) is 11.7. The zero-order valence-electron chi connectivity index (χ0n) is 28.9. The van der Waals surface area contributed by atoms with Crippen LogP contribution in [0.15, 0.2) is 103 Å². The van der Waals surface area contributed by atoms with Gasteiger partial charge in [0.05, 0.1) is 13.0 Å². The lowest BCUT2D eigenvalue weighted by atomic mass is 9.95. The Hall–Kier alpha value is -2.85. The van der Waals surface area contributed by atoms with E-state index >= 15 is 0 Å². The van der Waals surface area contributed by atoms with Crippen LogP contribution in [0.25, 0.3) is 0 Å². The molecule has 0 saturated carbocycles. The van der Waals surface area contributed by atoms with Gasteiger partial charge in [0.25, 0.3) is 0 Å². The molecule has 0 amide bonds. The van der Waals surface area contributed by atoms with E-state index in [1.165, 1.54) is 88.0 Å². The summed E-state index contributed by atoms with van der Waals surface area (Å²) in [6, 6.07) is 10.7. The van der Waals surface area contributed by atoms with Gasteiger partial charge in [0.15, 0.2) is 0 Å². The SMILES string of the molecule is C1=CCCC(Cc2ccccc2)C=C1.C=C/C=C(\C=C/C)CN1CCCN(CCCN2CCCC(C)CC2)C1=C.CC.CF. The topological polar surface area (TPSA) is 9.72 Å². The van der Waals surface area contributed by atoms with E-state index in [4.69, 9.17) is 0 Å². The highest BCUT2D eigenvalue weighted by molar-refractivity contribution is 5.25. The van der Waals surface area contributed by atoms with Gasteiger partial charge in [0.2, 0.25) is 0 Å². The minimum Gasteiger partial charge on any atom is -0.359 e. The number of benzene rings is 1. The van der Waals surface area contributed by atoms with E-state index < -0.39 is 0 Å². The molecule has 246 valence electrons. The van der Waals surface area contributed by atoms with Gasteiger partial charge < -0.3 is 14.7 Å². The van der Waals surface area contributed by atoms with Gasteiger partial charge in [-0.25, -0.2) is 0 Å². The largest absolute Gasteiger partial charge is 0.359 e. The smallest absolute Gasteiger partial charge is 0.0968 e. The molecule has 0 bridgehead atoms. The molecule has 2 saturated heterocycles. The molecule has 3 nitrogen and oxygen atoms in total. The standard InChI is InChI=1S/C23H39N3.C14H16.C2H6.CH3F/c1-5-10-23(11-6-2)20-26-18-9-17-25(22(26)4)16-8-15-24-14-7-12-21(3)13-19-24;1-2-5-9-13(8-4-1)12-14-10-6-3-7-11-14;2*1-2/h5-6,10-11,21H,1,4,7-9,12-20H2,2-3H3;1-4,6-8,10-11,13H,5,9,12H2;1-2H3;1H3/b11-6-,23-10+;;;. The van der Waals surface area contributed by atoms with Gasteiger partial charge in [0.1, 0.15) is 0 Å². The number of nitrogens with zero attached hydrogens (tertiary/aromatic N) is 3. The van der Waals surface area contributed by atoms with E-state index in [0.717, 1.165) is 32.1 Å². The monoisotopic (exact) mass is 606 g/mol. The van der Waals surface area contributed by atoms with Gasteiger partial charge in [-0.05, 0) is 101 Å². The molecule has 2 fully saturated rings.